The number of rotatable bonds is 4. The first kappa shape index (κ1) is 18.2. The SMILES string of the molecule is Clc1ccc(Oc2ncccc2-c2csc(NC3=NCCCN3)n2)c(Br)c1. The molecule has 3 aromatic rings. The number of pyridine rings is 1. The van der Waals surface area contributed by atoms with E-state index in [2.05, 4.69) is 41.5 Å². The van der Waals surface area contributed by atoms with Crippen LogP contribution in [-0.4, -0.2) is 29.0 Å². The molecular formula is C18H15BrClN5OS. The summed E-state index contributed by atoms with van der Waals surface area (Å²) in [5.74, 6) is 1.87. The average Bonchev–Trinajstić information content (AvgIpc) is 3.13. The summed E-state index contributed by atoms with van der Waals surface area (Å²) in [6.07, 6.45) is 2.74. The van der Waals surface area contributed by atoms with Crippen LogP contribution in [0, 0.1) is 0 Å². The van der Waals surface area contributed by atoms with Crippen molar-refractivity contribution in [3.8, 4) is 22.9 Å². The zero-order chi connectivity index (χ0) is 18.6. The highest BCUT2D eigenvalue weighted by Gasteiger charge is 2.14. The fourth-order valence-electron chi connectivity index (χ4n) is 2.50. The molecule has 1 aliphatic rings. The third kappa shape index (κ3) is 4.40. The second-order valence-electron chi connectivity index (χ2n) is 5.71. The molecule has 0 spiro atoms. The second-order valence-corrected chi connectivity index (χ2v) is 7.86. The van der Waals surface area contributed by atoms with Gasteiger partial charge in [-0.05, 0) is 52.7 Å². The number of benzene rings is 1. The molecule has 0 radical (unpaired) electrons. The van der Waals surface area contributed by atoms with Crippen LogP contribution in [0.2, 0.25) is 5.02 Å². The van der Waals surface area contributed by atoms with E-state index in [1.165, 1.54) is 11.3 Å². The monoisotopic (exact) mass is 463 g/mol. The maximum absolute atomic E-state index is 6.00. The van der Waals surface area contributed by atoms with E-state index in [4.69, 9.17) is 16.3 Å². The van der Waals surface area contributed by atoms with Crippen molar-refractivity contribution in [2.24, 2.45) is 4.99 Å². The number of halogens is 2. The van der Waals surface area contributed by atoms with Gasteiger partial charge in [-0.15, -0.1) is 11.3 Å². The molecule has 9 heteroatoms. The zero-order valence-corrected chi connectivity index (χ0v) is 17.2. The van der Waals surface area contributed by atoms with Crippen LogP contribution < -0.4 is 15.4 Å². The Labute approximate surface area is 173 Å². The van der Waals surface area contributed by atoms with Gasteiger partial charge in [-0.25, -0.2) is 9.97 Å². The fourth-order valence-corrected chi connectivity index (χ4v) is 3.97. The Morgan fingerprint density at radius 3 is 3.04 bits per heavy atom. The van der Waals surface area contributed by atoms with Gasteiger partial charge in [0.1, 0.15) is 5.75 Å². The van der Waals surface area contributed by atoms with Crippen molar-refractivity contribution in [2.45, 2.75) is 6.42 Å². The van der Waals surface area contributed by atoms with Crippen LogP contribution in [0.3, 0.4) is 0 Å². The minimum atomic E-state index is 0.477. The van der Waals surface area contributed by atoms with Crippen LogP contribution in [0.5, 0.6) is 11.6 Å². The molecule has 3 heterocycles. The second kappa shape index (κ2) is 8.24. The minimum Gasteiger partial charge on any atom is -0.437 e. The van der Waals surface area contributed by atoms with Gasteiger partial charge in [0, 0.05) is 29.7 Å². The molecule has 27 heavy (non-hydrogen) atoms. The first-order chi connectivity index (χ1) is 13.2. The number of hydrogen-bond donors (Lipinski definition) is 2. The van der Waals surface area contributed by atoms with Gasteiger partial charge in [0.05, 0.1) is 15.7 Å². The molecule has 0 saturated carbocycles. The largest absolute Gasteiger partial charge is 0.437 e. The van der Waals surface area contributed by atoms with Crippen LogP contribution in [0.15, 0.2) is 51.4 Å². The van der Waals surface area contributed by atoms with E-state index >= 15 is 0 Å². The summed E-state index contributed by atoms with van der Waals surface area (Å²) in [6.45, 7) is 1.74. The van der Waals surface area contributed by atoms with Gasteiger partial charge < -0.3 is 15.4 Å². The molecule has 0 amide bonds. The van der Waals surface area contributed by atoms with Crippen LogP contribution in [0.1, 0.15) is 6.42 Å². The third-order valence-electron chi connectivity index (χ3n) is 3.77. The van der Waals surface area contributed by atoms with Crippen molar-refractivity contribution in [1.29, 1.82) is 0 Å². The van der Waals surface area contributed by atoms with E-state index < -0.39 is 0 Å². The molecule has 0 bridgehead atoms. The number of ether oxygens (including phenoxy) is 1. The zero-order valence-electron chi connectivity index (χ0n) is 14.1. The van der Waals surface area contributed by atoms with Gasteiger partial charge in [-0.1, -0.05) is 11.6 Å². The number of aliphatic imine (C=N–C) groups is 1. The van der Waals surface area contributed by atoms with Gasteiger partial charge in [-0.2, -0.15) is 0 Å². The van der Waals surface area contributed by atoms with Gasteiger partial charge in [0.25, 0.3) is 0 Å². The average molecular weight is 465 g/mol. The number of nitrogens with one attached hydrogen (secondary N) is 2. The third-order valence-corrected chi connectivity index (χ3v) is 5.39. The predicted molar refractivity (Wildman–Crippen MR) is 113 cm³/mol. The Kier molecular flexibility index (Phi) is 5.56. The summed E-state index contributed by atoms with van der Waals surface area (Å²) in [4.78, 5) is 13.4. The smallest absolute Gasteiger partial charge is 0.228 e. The molecule has 6 nitrogen and oxygen atoms in total. The Morgan fingerprint density at radius 1 is 1.30 bits per heavy atom. The summed E-state index contributed by atoms with van der Waals surface area (Å²) >= 11 is 11.0. The fraction of sp³-hybridized carbons (Fsp3) is 0.167. The topological polar surface area (TPSA) is 71.4 Å². The number of anilines is 1. The number of aromatic nitrogens is 2. The number of hydrogen-bond acceptors (Lipinski definition) is 7. The van der Waals surface area contributed by atoms with Crippen molar-refractivity contribution in [2.75, 3.05) is 18.4 Å². The number of thiazole rings is 1. The summed E-state index contributed by atoms with van der Waals surface area (Å²) in [6, 6.07) is 9.14. The molecule has 0 fully saturated rings. The van der Waals surface area contributed by atoms with Crippen LogP contribution >= 0.6 is 38.9 Å². The molecule has 0 unspecified atom stereocenters. The Morgan fingerprint density at radius 2 is 2.22 bits per heavy atom. The lowest BCUT2D eigenvalue weighted by Gasteiger charge is -2.14. The Bertz CT molecular complexity index is 993. The highest BCUT2D eigenvalue weighted by Crippen LogP contribution is 2.36. The van der Waals surface area contributed by atoms with E-state index in [1.54, 1.807) is 24.4 Å². The number of guanidine groups is 1. The molecule has 1 aromatic carbocycles. The van der Waals surface area contributed by atoms with Crippen molar-refractivity contribution in [3.63, 3.8) is 0 Å². The number of nitrogens with zero attached hydrogens (tertiary/aromatic N) is 3. The summed E-state index contributed by atoms with van der Waals surface area (Å²) in [7, 11) is 0. The first-order valence-electron chi connectivity index (χ1n) is 8.28. The van der Waals surface area contributed by atoms with Crippen LogP contribution in [0.25, 0.3) is 11.3 Å². The molecule has 1 aliphatic heterocycles. The normalized spacial score (nSPS) is 13.6. The molecule has 2 aromatic heterocycles. The standard InChI is InChI=1S/C18H15BrClN5OS/c19-13-9-11(20)4-5-15(13)26-16-12(3-1-6-21-16)14-10-27-18(24-14)25-17-22-7-2-8-23-17/h1,3-6,9-10H,2,7-8H2,(H2,22,23,24,25). The highest BCUT2D eigenvalue weighted by molar-refractivity contribution is 9.10. The Hall–Kier alpha value is -2.16. The quantitative estimate of drug-likeness (QED) is 0.557. The first-order valence-corrected chi connectivity index (χ1v) is 10.3. The summed E-state index contributed by atoms with van der Waals surface area (Å²) < 4.78 is 6.76. The molecule has 0 atom stereocenters. The van der Waals surface area contributed by atoms with Crippen molar-refractivity contribution in [3.05, 3.63) is 51.4 Å². The van der Waals surface area contributed by atoms with Crippen LogP contribution in [-0.2, 0) is 0 Å². The van der Waals surface area contributed by atoms with Gasteiger partial charge >= 0.3 is 0 Å². The lowest BCUT2D eigenvalue weighted by Crippen LogP contribution is -2.35. The van der Waals surface area contributed by atoms with Gasteiger partial charge in [0.15, 0.2) is 11.1 Å². The van der Waals surface area contributed by atoms with E-state index in [-0.39, 0.29) is 0 Å². The van der Waals surface area contributed by atoms with E-state index in [1.807, 2.05) is 17.5 Å². The van der Waals surface area contributed by atoms with E-state index in [0.717, 1.165) is 46.3 Å². The van der Waals surface area contributed by atoms with E-state index in [9.17, 15) is 0 Å². The molecule has 0 saturated heterocycles. The lowest BCUT2D eigenvalue weighted by atomic mass is 10.2. The lowest BCUT2D eigenvalue weighted by molar-refractivity contribution is 0.462. The predicted octanol–water partition coefficient (Wildman–Crippen LogP) is 5.17. The minimum absolute atomic E-state index is 0.477. The summed E-state index contributed by atoms with van der Waals surface area (Å²) in [5.41, 5.74) is 1.59. The van der Waals surface area contributed by atoms with Crippen LogP contribution in [0.4, 0.5) is 5.13 Å². The van der Waals surface area contributed by atoms with E-state index in [0.29, 0.717) is 16.7 Å². The maximum Gasteiger partial charge on any atom is 0.228 e. The van der Waals surface area contributed by atoms with Gasteiger partial charge in [0.2, 0.25) is 5.88 Å². The van der Waals surface area contributed by atoms with Crippen molar-refractivity contribution in [1.82, 2.24) is 15.3 Å². The van der Waals surface area contributed by atoms with Crippen molar-refractivity contribution < 1.29 is 4.74 Å². The van der Waals surface area contributed by atoms with Gasteiger partial charge in [-0.3, -0.25) is 4.99 Å². The summed E-state index contributed by atoms with van der Waals surface area (Å²) in [5, 5.41) is 9.80. The molecule has 138 valence electrons. The molecule has 0 aliphatic carbocycles. The molecule has 2 N–H and O–H groups in total. The highest BCUT2D eigenvalue weighted by atomic mass is 79.9. The maximum atomic E-state index is 6.00. The van der Waals surface area contributed by atoms with Crippen molar-refractivity contribution >= 4 is 50.0 Å². The molecular weight excluding hydrogens is 450 g/mol. The molecule has 4 rings (SSSR count). The Balaban J connectivity index is 1.58.